The van der Waals surface area contributed by atoms with Crippen molar-refractivity contribution in [3.05, 3.63) is 96.1 Å². The van der Waals surface area contributed by atoms with Gasteiger partial charge in [-0.05, 0) is 48.0 Å². The minimum atomic E-state index is -5.10. The van der Waals surface area contributed by atoms with Crippen LogP contribution < -0.4 is 0 Å². The summed E-state index contributed by atoms with van der Waals surface area (Å²) in [5, 5.41) is 35.2. The van der Waals surface area contributed by atoms with Gasteiger partial charge in [-0.15, -0.1) is 0 Å². The normalized spacial score (nSPS) is 14.9. The molecule has 0 amide bonds. The van der Waals surface area contributed by atoms with E-state index in [2.05, 4.69) is 5.10 Å². The molecule has 10 heteroatoms. The maximum Gasteiger partial charge on any atom is 0.425 e. The summed E-state index contributed by atoms with van der Waals surface area (Å²) >= 11 is 0. The summed E-state index contributed by atoms with van der Waals surface area (Å²) < 4.78 is 60.1. The highest BCUT2D eigenvalue weighted by atomic mass is 19.4. The van der Waals surface area contributed by atoms with E-state index < -0.39 is 41.4 Å². The molecule has 0 radical (unpaired) electrons. The lowest BCUT2D eigenvalue weighted by atomic mass is 9.85. The highest BCUT2D eigenvalue weighted by Crippen LogP contribution is 2.47. The second-order valence-corrected chi connectivity index (χ2v) is 8.56. The van der Waals surface area contributed by atoms with Gasteiger partial charge in [0.25, 0.3) is 0 Å². The first kappa shape index (κ1) is 24.0. The fourth-order valence-electron chi connectivity index (χ4n) is 4.49. The summed E-state index contributed by atoms with van der Waals surface area (Å²) in [4.78, 5) is 0. The SMILES string of the molecule is OCC(O)Cn1cc(C(O)(c2ccc3c(cnn3-c3ccc(F)cc3)c2)C(F)(F)F)c2ccccc21. The van der Waals surface area contributed by atoms with Crippen molar-refractivity contribution < 1.29 is 32.9 Å². The van der Waals surface area contributed by atoms with Crippen LogP contribution >= 0.6 is 0 Å². The number of hydrogen-bond donors (Lipinski definition) is 3. The first-order valence-electron chi connectivity index (χ1n) is 11.0. The van der Waals surface area contributed by atoms with Crippen molar-refractivity contribution in [1.82, 2.24) is 14.3 Å². The van der Waals surface area contributed by atoms with E-state index in [4.69, 9.17) is 0 Å². The Morgan fingerprint density at radius 1 is 0.944 bits per heavy atom. The smallest absolute Gasteiger partial charge is 0.394 e. The van der Waals surface area contributed by atoms with E-state index in [0.29, 0.717) is 22.1 Å². The largest absolute Gasteiger partial charge is 0.425 e. The number of rotatable bonds is 6. The third kappa shape index (κ3) is 3.83. The van der Waals surface area contributed by atoms with Gasteiger partial charge in [0.1, 0.15) is 5.82 Å². The van der Waals surface area contributed by atoms with Crippen LogP contribution in [0.1, 0.15) is 11.1 Å². The maximum atomic E-state index is 14.6. The van der Waals surface area contributed by atoms with Gasteiger partial charge < -0.3 is 19.9 Å². The van der Waals surface area contributed by atoms with E-state index in [9.17, 15) is 32.9 Å². The molecule has 0 aliphatic heterocycles. The zero-order chi connectivity index (χ0) is 25.7. The molecular formula is C26H21F4N3O3. The van der Waals surface area contributed by atoms with Gasteiger partial charge in [0.05, 0.1) is 36.7 Å². The highest BCUT2D eigenvalue weighted by molar-refractivity contribution is 5.87. The average molecular weight is 499 g/mol. The second-order valence-electron chi connectivity index (χ2n) is 8.56. The predicted molar refractivity (Wildman–Crippen MR) is 125 cm³/mol. The molecule has 0 saturated heterocycles. The van der Waals surface area contributed by atoms with Crippen molar-refractivity contribution in [3.63, 3.8) is 0 Å². The number of benzene rings is 3. The van der Waals surface area contributed by atoms with Gasteiger partial charge in [-0.3, -0.25) is 0 Å². The standard InChI is InChI=1S/C26H21F4N3O3/c27-18-6-8-19(9-7-18)33-23-10-5-17(11-16(23)12-31-33)25(36,26(28,29)30)22-14-32(13-20(35)15-34)24-4-2-1-3-21(22)24/h1-12,14,20,34-36H,13,15H2. The summed E-state index contributed by atoms with van der Waals surface area (Å²) in [6.45, 7) is -0.728. The molecule has 0 bridgehead atoms. The van der Waals surface area contributed by atoms with Crippen LogP contribution in [0.5, 0.6) is 0 Å². The molecular weight excluding hydrogens is 478 g/mol. The molecule has 2 aromatic heterocycles. The van der Waals surface area contributed by atoms with Crippen molar-refractivity contribution in [3.8, 4) is 5.69 Å². The molecule has 2 unspecified atom stereocenters. The van der Waals surface area contributed by atoms with E-state index in [-0.39, 0.29) is 11.9 Å². The topological polar surface area (TPSA) is 83.4 Å². The molecule has 0 fully saturated rings. The second kappa shape index (κ2) is 8.74. The molecule has 0 aliphatic carbocycles. The zero-order valence-electron chi connectivity index (χ0n) is 18.7. The number of fused-ring (bicyclic) bond motifs is 2. The zero-order valence-corrected chi connectivity index (χ0v) is 18.7. The van der Waals surface area contributed by atoms with E-state index in [1.54, 1.807) is 18.2 Å². The van der Waals surface area contributed by atoms with Crippen molar-refractivity contribution in [1.29, 1.82) is 0 Å². The Bertz CT molecular complexity index is 1540. The number of nitrogens with zero attached hydrogens (tertiary/aromatic N) is 3. The molecule has 3 aromatic carbocycles. The lowest BCUT2D eigenvalue weighted by Gasteiger charge is -2.31. The number of aromatic nitrogens is 3. The molecule has 5 aromatic rings. The van der Waals surface area contributed by atoms with E-state index >= 15 is 0 Å². The van der Waals surface area contributed by atoms with Crippen molar-refractivity contribution >= 4 is 21.8 Å². The van der Waals surface area contributed by atoms with Crippen LogP contribution in [0.4, 0.5) is 17.6 Å². The predicted octanol–water partition coefficient (Wildman–Crippen LogP) is 4.27. The molecule has 186 valence electrons. The number of alkyl halides is 3. The monoisotopic (exact) mass is 499 g/mol. The maximum absolute atomic E-state index is 14.6. The van der Waals surface area contributed by atoms with Gasteiger partial charge in [0.15, 0.2) is 0 Å². The Morgan fingerprint density at radius 2 is 1.67 bits per heavy atom. The van der Waals surface area contributed by atoms with E-state index in [0.717, 1.165) is 6.20 Å². The number of aliphatic hydroxyl groups is 3. The number of hydrogen-bond acceptors (Lipinski definition) is 4. The van der Waals surface area contributed by atoms with Gasteiger partial charge in [0, 0.05) is 28.0 Å². The van der Waals surface area contributed by atoms with Crippen LogP contribution in [0, 0.1) is 5.82 Å². The summed E-state index contributed by atoms with van der Waals surface area (Å²) in [6, 6.07) is 15.6. The quantitative estimate of drug-likeness (QED) is 0.305. The summed E-state index contributed by atoms with van der Waals surface area (Å²) in [5.74, 6) is -0.432. The van der Waals surface area contributed by atoms with Crippen LogP contribution in [0.2, 0.25) is 0 Å². The van der Waals surface area contributed by atoms with Gasteiger partial charge >= 0.3 is 6.18 Å². The van der Waals surface area contributed by atoms with Gasteiger partial charge in [0.2, 0.25) is 5.60 Å². The van der Waals surface area contributed by atoms with Crippen molar-refractivity contribution in [2.45, 2.75) is 24.4 Å². The van der Waals surface area contributed by atoms with Crippen LogP contribution in [0.15, 0.2) is 79.1 Å². The number of halogens is 4. The Labute approximate surface area is 202 Å². The molecule has 6 nitrogen and oxygen atoms in total. The van der Waals surface area contributed by atoms with Crippen LogP contribution in [-0.2, 0) is 12.1 Å². The third-order valence-corrected chi connectivity index (χ3v) is 6.26. The molecule has 0 aliphatic rings. The lowest BCUT2D eigenvalue weighted by Crippen LogP contribution is -2.43. The summed E-state index contributed by atoms with van der Waals surface area (Å²) in [5.41, 5.74) is -2.83. The summed E-state index contributed by atoms with van der Waals surface area (Å²) in [7, 11) is 0. The number of aliphatic hydroxyl groups excluding tert-OH is 2. The summed E-state index contributed by atoms with van der Waals surface area (Å²) in [6.07, 6.45) is -3.76. The van der Waals surface area contributed by atoms with Gasteiger partial charge in [-0.25, -0.2) is 9.07 Å². The van der Waals surface area contributed by atoms with Crippen LogP contribution in [-0.4, -0.2) is 48.6 Å². The van der Waals surface area contributed by atoms with Gasteiger partial charge in [-0.2, -0.15) is 18.3 Å². The van der Waals surface area contributed by atoms with E-state index in [1.165, 1.54) is 64.0 Å². The lowest BCUT2D eigenvalue weighted by molar-refractivity contribution is -0.247. The molecule has 2 heterocycles. The van der Waals surface area contributed by atoms with Crippen molar-refractivity contribution in [2.24, 2.45) is 0 Å². The Kier molecular flexibility index (Phi) is 5.82. The average Bonchev–Trinajstić information content (AvgIpc) is 3.45. The molecule has 36 heavy (non-hydrogen) atoms. The van der Waals surface area contributed by atoms with Crippen LogP contribution in [0.3, 0.4) is 0 Å². The minimum absolute atomic E-state index is 0.157. The van der Waals surface area contributed by atoms with Crippen LogP contribution in [0.25, 0.3) is 27.5 Å². The fraction of sp³-hybridized carbons (Fsp3) is 0.192. The molecule has 0 saturated carbocycles. The Hall–Kier alpha value is -3.73. The molecule has 3 N–H and O–H groups in total. The Morgan fingerprint density at radius 3 is 2.36 bits per heavy atom. The van der Waals surface area contributed by atoms with E-state index in [1.807, 2.05) is 0 Å². The molecule has 0 spiro atoms. The highest BCUT2D eigenvalue weighted by Gasteiger charge is 2.57. The molecule has 5 rings (SSSR count). The number of para-hydroxylation sites is 1. The Balaban J connectivity index is 1.68. The fourth-order valence-corrected chi connectivity index (χ4v) is 4.49. The minimum Gasteiger partial charge on any atom is -0.394 e. The van der Waals surface area contributed by atoms with Crippen molar-refractivity contribution in [2.75, 3.05) is 6.61 Å². The molecule has 2 atom stereocenters. The first-order chi connectivity index (χ1) is 17.1. The third-order valence-electron chi connectivity index (χ3n) is 6.26. The van der Waals surface area contributed by atoms with Gasteiger partial charge in [-0.1, -0.05) is 24.3 Å². The first-order valence-corrected chi connectivity index (χ1v) is 11.0.